The highest BCUT2D eigenvalue weighted by Crippen LogP contribution is 2.13. The van der Waals surface area contributed by atoms with E-state index in [1.807, 2.05) is 0 Å². The number of methoxy groups -OCH3 is 1. The van der Waals surface area contributed by atoms with E-state index in [2.05, 4.69) is 14.7 Å². The molecule has 0 aliphatic carbocycles. The fourth-order valence-corrected chi connectivity index (χ4v) is 0.761. The maximum absolute atomic E-state index is 10.3. The Morgan fingerprint density at radius 2 is 2.42 bits per heavy atom. The van der Waals surface area contributed by atoms with Crippen LogP contribution in [0.25, 0.3) is 0 Å². The zero-order chi connectivity index (χ0) is 9.14. The summed E-state index contributed by atoms with van der Waals surface area (Å²) >= 11 is 5.45. The van der Waals surface area contributed by atoms with Crippen molar-refractivity contribution in [3.63, 3.8) is 0 Å². The lowest BCUT2D eigenvalue weighted by atomic mass is 10.4. The minimum Gasteiger partial charge on any atom is -0.543 e. The van der Waals surface area contributed by atoms with Crippen LogP contribution in [0.5, 0.6) is 6.01 Å². The molecule has 1 aromatic rings. The Kier molecular flexibility index (Phi) is 2.44. The number of aromatic nitrogens is 2. The van der Waals surface area contributed by atoms with Crippen LogP contribution in [0, 0.1) is 0 Å². The molecule has 0 spiro atoms. The zero-order valence-corrected chi connectivity index (χ0v) is 6.83. The summed E-state index contributed by atoms with van der Waals surface area (Å²) in [6.45, 7) is 0. The summed E-state index contributed by atoms with van der Waals surface area (Å²) in [4.78, 5) is 17.4. The van der Waals surface area contributed by atoms with E-state index in [9.17, 15) is 9.90 Å². The fourth-order valence-electron chi connectivity index (χ4n) is 0.592. The van der Waals surface area contributed by atoms with Gasteiger partial charge in [-0.15, -0.1) is 0 Å². The van der Waals surface area contributed by atoms with E-state index in [-0.39, 0.29) is 16.7 Å². The van der Waals surface area contributed by atoms with Gasteiger partial charge in [0, 0.05) is 0 Å². The molecule has 0 bridgehead atoms. The first-order valence-electron chi connectivity index (χ1n) is 2.93. The smallest absolute Gasteiger partial charge is 0.316 e. The molecule has 6 heteroatoms. The average molecular weight is 188 g/mol. The highest BCUT2D eigenvalue weighted by atomic mass is 35.5. The SMILES string of the molecule is COc1ncc(Cl)c(C(=O)[O-])n1. The minimum absolute atomic E-state index is 0.0569. The second kappa shape index (κ2) is 3.36. The van der Waals surface area contributed by atoms with Gasteiger partial charge in [0.1, 0.15) is 5.69 Å². The maximum atomic E-state index is 10.3. The molecule has 0 unspecified atom stereocenters. The molecule has 0 atom stereocenters. The number of aromatic carboxylic acids is 1. The van der Waals surface area contributed by atoms with Crippen molar-refractivity contribution in [3.8, 4) is 6.01 Å². The first-order chi connectivity index (χ1) is 5.65. The number of carbonyl (C=O) groups is 1. The van der Waals surface area contributed by atoms with Gasteiger partial charge in [0.15, 0.2) is 0 Å². The maximum Gasteiger partial charge on any atom is 0.316 e. The third kappa shape index (κ3) is 1.62. The third-order valence-corrected chi connectivity index (χ3v) is 1.37. The molecule has 5 nitrogen and oxygen atoms in total. The lowest BCUT2D eigenvalue weighted by Gasteiger charge is -2.04. The normalized spacial score (nSPS) is 9.50. The van der Waals surface area contributed by atoms with Crippen molar-refractivity contribution in [3.05, 3.63) is 16.9 Å². The van der Waals surface area contributed by atoms with Gasteiger partial charge in [-0.3, -0.25) is 0 Å². The topological polar surface area (TPSA) is 75.1 Å². The fraction of sp³-hybridized carbons (Fsp3) is 0.167. The molecule has 0 saturated heterocycles. The van der Waals surface area contributed by atoms with Crippen LogP contribution in [0.2, 0.25) is 5.02 Å². The largest absolute Gasteiger partial charge is 0.543 e. The molecule has 0 N–H and O–H groups in total. The van der Waals surface area contributed by atoms with E-state index < -0.39 is 5.97 Å². The average Bonchev–Trinajstić information content (AvgIpc) is 2.05. The van der Waals surface area contributed by atoms with Gasteiger partial charge in [-0.05, 0) is 0 Å². The van der Waals surface area contributed by atoms with Gasteiger partial charge in [-0.2, -0.15) is 4.98 Å². The van der Waals surface area contributed by atoms with Gasteiger partial charge in [-0.25, -0.2) is 4.98 Å². The molecule has 0 fully saturated rings. The summed E-state index contributed by atoms with van der Waals surface area (Å²) < 4.78 is 4.59. The molecule has 64 valence electrons. The Hall–Kier alpha value is -1.36. The summed E-state index contributed by atoms with van der Waals surface area (Å²) in [7, 11) is 1.32. The van der Waals surface area contributed by atoms with E-state index >= 15 is 0 Å². The highest BCUT2D eigenvalue weighted by Gasteiger charge is 2.05. The molecule has 1 heterocycles. The van der Waals surface area contributed by atoms with Gasteiger partial charge in [0.25, 0.3) is 0 Å². The van der Waals surface area contributed by atoms with Gasteiger partial charge in [0.05, 0.1) is 24.3 Å². The number of carbonyl (C=O) groups excluding carboxylic acids is 1. The molecular weight excluding hydrogens is 184 g/mol. The number of ether oxygens (including phenoxy) is 1. The molecule has 12 heavy (non-hydrogen) atoms. The van der Waals surface area contributed by atoms with Gasteiger partial charge >= 0.3 is 6.01 Å². The van der Waals surface area contributed by atoms with Crippen LogP contribution in [-0.2, 0) is 0 Å². The van der Waals surface area contributed by atoms with Crippen LogP contribution in [0.15, 0.2) is 6.20 Å². The van der Waals surface area contributed by atoms with Gasteiger partial charge in [0.2, 0.25) is 0 Å². The van der Waals surface area contributed by atoms with Crippen molar-refractivity contribution in [2.24, 2.45) is 0 Å². The molecular formula is C6H4ClN2O3-. The summed E-state index contributed by atoms with van der Waals surface area (Å²) in [6.07, 6.45) is 1.14. The number of hydrogen-bond acceptors (Lipinski definition) is 5. The Morgan fingerprint density at radius 3 is 2.92 bits per heavy atom. The van der Waals surface area contributed by atoms with Crippen molar-refractivity contribution in [1.82, 2.24) is 9.97 Å². The van der Waals surface area contributed by atoms with Crippen molar-refractivity contribution in [2.75, 3.05) is 7.11 Å². The first-order valence-corrected chi connectivity index (χ1v) is 3.31. The molecule has 0 amide bonds. The number of carboxylic acid groups (broad SMARTS) is 1. The quantitative estimate of drug-likeness (QED) is 0.624. The van der Waals surface area contributed by atoms with Crippen molar-refractivity contribution in [2.45, 2.75) is 0 Å². The second-order valence-corrected chi connectivity index (χ2v) is 2.25. The van der Waals surface area contributed by atoms with Crippen LogP contribution in [-0.4, -0.2) is 23.0 Å². The van der Waals surface area contributed by atoms with Crippen LogP contribution in [0.1, 0.15) is 10.5 Å². The highest BCUT2D eigenvalue weighted by molar-refractivity contribution is 6.32. The molecule has 0 aromatic carbocycles. The Bertz CT molecular complexity index is 316. The second-order valence-electron chi connectivity index (χ2n) is 1.84. The Morgan fingerprint density at radius 1 is 1.75 bits per heavy atom. The van der Waals surface area contributed by atoms with E-state index in [0.717, 1.165) is 6.20 Å². The summed E-state index contributed by atoms with van der Waals surface area (Å²) in [5.41, 5.74) is -0.372. The first kappa shape index (κ1) is 8.73. The van der Waals surface area contributed by atoms with Crippen LogP contribution >= 0.6 is 11.6 Å². The Balaban J connectivity index is 3.17. The standard InChI is InChI=1S/C6H5ClN2O3/c1-12-6-8-2-3(7)4(9-6)5(10)11/h2H,1H3,(H,10,11)/p-1. The van der Waals surface area contributed by atoms with Crippen molar-refractivity contribution in [1.29, 1.82) is 0 Å². The zero-order valence-electron chi connectivity index (χ0n) is 6.07. The minimum atomic E-state index is -1.46. The third-order valence-electron chi connectivity index (χ3n) is 1.10. The summed E-state index contributed by atoms with van der Waals surface area (Å²) in [5.74, 6) is -1.46. The predicted molar refractivity (Wildman–Crippen MR) is 37.9 cm³/mol. The summed E-state index contributed by atoms with van der Waals surface area (Å²) in [5, 5.41) is 10.3. The van der Waals surface area contributed by atoms with Crippen LogP contribution in [0.3, 0.4) is 0 Å². The summed E-state index contributed by atoms with van der Waals surface area (Å²) in [6, 6.07) is -0.0569. The predicted octanol–water partition coefficient (Wildman–Crippen LogP) is -0.498. The molecule has 0 aliphatic heterocycles. The number of rotatable bonds is 2. The van der Waals surface area contributed by atoms with E-state index in [0.29, 0.717) is 0 Å². The van der Waals surface area contributed by atoms with Crippen LogP contribution in [0.4, 0.5) is 0 Å². The van der Waals surface area contributed by atoms with Crippen molar-refractivity contribution >= 4 is 17.6 Å². The molecule has 0 radical (unpaired) electrons. The van der Waals surface area contributed by atoms with E-state index in [4.69, 9.17) is 11.6 Å². The monoisotopic (exact) mass is 187 g/mol. The molecule has 1 rings (SSSR count). The van der Waals surface area contributed by atoms with Crippen LogP contribution < -0.4 is 9.84 Å². The number of nitrogens with zero attached hydrogens (tertiary/aromatic N) is 2. The Labute approximate surface area is 73.0 Å². The van der Waals surface area contributed by atoms with E-state index in [1.165, 1.54) is 7.11 Å². The number of hydrogen-bond donors (Lipinski definition) is 0. The lowest BCUT2D eigenvalue weighted by Crippen LogP contribution is -2.24. The van der Waals surface area contributed by atoms with Gasteiger partial charge in [-0.1, -0.05) is 11.6 Å². The van der Waals surface area contributed by atoms with Crippen molar-refractivity contribution < 1.29 is 14.6 Å². The molecule has 1 aromatic heterocycles. The molecule has 0 aliphatic rings. The lowest BCUT2D eigenvalue weighted by molar-refractivity contribution is -0.255. The number of halogens is 1. The van der Waals surface area contributed by atoms with E-state index in [1.54, 1.807) is 0 Å². The van der Waals surface area contributed by atoms with Gasteiger partial charge < -0.3 is 14.6 Å². The number of carboxylic acids is 1. The molecule has 0 saturated carbocycles.